The van der Waals surface area contributed by atoms with E-state index in [0.29, 0.717) is 31.1 Å². The number of carbonyl (C=O) groups is 4. The van der Waals surface area contributed by atoms with Crippen LogP contribution in [0.5, 0.6) is 0 Å². The topological polar surface area (TPSA) is 81.2 Å². The largest absolute Gasteiger partial charge is 0.335 e. The molecule has 150 valence electrons. The van der Waals surface area contributed by atoms with Crippen molar-refractivity contribution < 1.29 is 19.2 Å². The molecule has 9 heteroatoms. The number of thiophene rings is 1. The second-order valence-electron chi connectivity index (χ2n) is 6.92. The number of piperazine rings is 1. The molecule has 0 atom stereocenters. The summed E-state index contributed by atoms with van der Waals surface area (Å²) in [4.78, 5) is 56.1. The quantitative estimate of drug-likeness (QED) is 0.549. The summed E-state index contributed by atoms with van der Waals surface area (Å²) >= 11 is 1.41. The van der Waals surface area contributed by atoms with Crippen LogP contribution in [-0.4, -0.2) is 76.2 Å². The normalized spacial score (nSPS) is 18.1. The van der Waals surface area contributed by atoms with Crippen LogP contribution in [0, 0.1) is 0 Å². The third-order valence-electron chi connectivity index (χ3n) is 5.05. The predicted octanol–water partition coefficient (Wildman–Crippen LogP) is 1.45. The first-order valence-electron chi connectivity index (χ1n) is 9.31. The molecule has 3 heterocycles. The Morgan fingerprint density at radius 1 is 0.862 bits per heavy atom. The molecule has 4 rings (SSSR count). The van der Waals surface area contributed by atoms with Crippen molar-refractivity contribution >= 4 is 35.1 Å². The van der Waals surface area contributed by atoms with Crippen LogP contribution in [0.4, 0.5) is 4.79 Å². The molecule has 0 saturated carbocycles. The number of benzene rings is 1. The molecular formula is C20H20N4O4S. The molecule has 2 aromatic rings. The molecule has 2 aliphatic heterocycles. The van der Waals surface area contributed by atoms with Crippen LogP contribution in [-0.2, 0) is 16.1 Å². The fourth-order valence-corrected chi connectivity index (χ4v) is 4.12. The van der Waals surface area contributed by atoms with Crippen molar-refractivity contribution in [2.75, 3.05) is 32.8 Å². The lowest BCUT2D eigenvalue weighted by molar-refractivity contribution is -0.144. The summed E-state index contributed by atoms with van der Waals surface area (Å²) in [6, 6.07) is 12.1. The highest BCUT2D eigenvalue weighted by atomic mass is 32.1. The smallest absolute Gasteiger partial charge is 0.335 e. The lowest BCUT2D eigenvalue weighted by Gasteiger charge is -2.35. The van der Waals surface area contributed by atoms with Crippen LogP contribution in [0.3, 0.4) is 0 Å². The lowest BCUT2D eigenvalue weighted by atomic mass is 10.2. The van der Waals surface area contributed by atoms with Crippen LogP contribution >= 0.6 is 11.3 Å². The van der Waals surface area contributed by atoms with Gasteiger partial charge in [-0.05, 0) is 17.0 Å². The Morgan fingerprint density at radius 2 is 1.55 bits per heavy atom. The summed E-state index contributed by atoms with van der Waals surface area (Å²) in [6.07, 6.45) is 0. The predicted molar refractivity (Wildman–Crippen MR) is 106 cm³/mol. The molecule has 2 saturated heterocycles. The Labute approximate surface area is 171 Å². The Kier molecular flexibility index (Phi) is 5.41. The maximum atomic E-state index is 12.7. The average Bonchev–Trinajstić information content (AvgIpc) is 3.35. The molecule has 5 amide bonds. The Hall–Kier alpha value is -3.04. The molecule has 2 aliphatic rings. The van der Waals surface area contributed by atoms with E-state index >= 15 is 0 Å². The van der Waals surface area contributed by atoms with E-state index in [4.69, 9.17) is 0 Å². The maximum absolute atomic E-state index is 12.7. The van der Waals surface area contributed by atoms with Crippen molar-refractivity contribution in [3.63, 3.8) is 0 Å². The van der Waals surface area contributed by atoms with E-state index in [0.717, 1.165) is 15.4 Å². The molecule has 0 spiro atoms. The standard InChI is InChI=1S/C20H20N4O4S/c25-17(16-7-4-12-29-16)22-10-8-21(9-11-22)14-24-19(27)18(26)23(20(24)28)13-15-5-2-1-3-6-15/h1-7,12H,8-11,13-14H2. The molecule has 1 aromatic carbocycles. The second-order valence-corrected chi connectivity index (χ2v) is 7.87. The summed E-state index contributed by atoms with van der Waals surface area (Å²) in [6.45, 7) is 2.20. The fraction of sp³-hybridized carbons (Fsp3) is 0.300. The minimum Gasteiger partial charge on any atom is -0.335 e. The zero-order valence-electron chi connectivity index (χ0n) is 15.7. The Balaban J connectivity index is 1.35. The summed E-state index contributed by atoms with van der Waals surface area (Å²) in [5, 5.41) is 1.87. The van der Waals surface area contributed by atoms with Gasteiger partial charge in [-0.1, -0.05) is 36.4 Å². The molecule has 0 N–H and O–H groups in total. The molecule has 29 heavy (non-hydrogen) atoms. The van der Waals surface area contributed by atoms with Gasteiger partial charge >= 0.3 is 17.8 Å². The van der Waals surface area contributed by atoms with Crippen LogP contribution < -0.4 is 0 Å². The van der Waals surface area contributed by atoms with E-state index < -0.39 is 17.8 Å². The van der Waals surface area contributed by atoms with Crippen molar-refractivity contribution in [2.45, 2.75) is 6.54 Å². The molecular weight excluding hydrogens is 392 g/mol. The fourth-order valence-electron chi connectivity index (χ4n) is 3.43. The van der Waals surface area contributed by atoms with E-state index in [-0.39, 0.29) is 19.1 Å². The minimum atomic E-state index is -0.803. The molecule has 1 aromatic heterocycles. The first kappa shape index (κ1) is 19.3. The van der Waals surface area contributed by atoms with E-state index in [9.17, 15) is 19.2 Å². The number of urea groups is 1. The summed E-state index contributed by atoms with van der Waals surface area (Å²) < 4.78 is 0. The molecule has 0 bridgehead atoms. The third kappa shape index (κ3) is 3.92. The van der Waals surface area contributed by atoms with E-state index in [1.54, 1.807) is 23.1 Å². The first-order chi connectivity index (χ1) is 14.0. The van der Waals surface area contributed by atoms with Crippen molar-refractivity contribution in [2.24, 2.45) is 0 Å². The monoisotopic (exact) mass is 412 g/mol. The number of hydrogen-bond donors (Lipinski definition) is 0. The molecule has 0 aliphatic carbocycles. The average molecular weight is 412 g/mol. The number of amides is 5. The van der Waals surface area contributed by atoms with Crippen LogP contribution in [0.2, 0.25) is 0 Å². The summed E-state index contributed by atoms with van der Waals surface area (Å²) in [5.74, 6) is -1.61. The highest BCUT2D eigenvalue weighted by molar-refractivity contribution is 7.12. The molecule has 0 unspecified atom stereocenters. The van der Waals surface area contributed by atoms with Crippen LogP contribution in [0.15, 0.2) is 47.8 Å². The second kappa shape index (κ2) is 8.14. The molecule has 2 fully saturated rings. The highest BCUT2D eigenvalue weighted by Crippen LogP contribution is 2.18. The van der Waals surface area contributed by atoms with Gasteiger partial charge in [-0.25, -0.2) is 9.69 Å². The van der Waals surface area contributed by atoms with Crippen LogP contribution in [0.1, 0.15) is 15.2 Å². The zero-order chi connectivity index (χ0) is 20.4. The SMILES string of the molecule is O=C(c1cccs1)N1CCN(CN2C(=O)C(=O)N(Cc3ccccc3)C2=O)CC1. The Bertz CT molecular complexity index is 923. The summed E-state index contributed by atoms with van der Waals surface area (Å²) in [5.41, 5.74) is 0.782. The zero-order valence-corrected chi connectivity index (χ0v) is 16.5. The van der Waals surface area contributed by atoms with Crippen molar-refractivity contribution in [3.05, 3.63) is 58.3 Å². The van der Waals surface area contributed by atoms with Gasteiger partial charge in [0.2, 0.25) is 0 Å². The first-order valence-corrected chi connectivity index (χ1v) is 10.2. The van der Waals surface area contributed by atoms with Crippen molar-refractivity contribution in [3.8, 4) is 0 Å². The number of rotatable bonds is 5. The van der Waals surface area contributed by atoms with Gasteiger partial charge in [0, 0.05) is 26.2 Å². The van der Waals surface area contributed by atoms with Crippen LogP contribution in [0.25, 0.3) is 0 Å². The van der Waals surface area contributed by atoms with Crippen molar-refractivity contribution in [1.29, 1.82) is 0 Å². The maximum Gasteiger partial charge on any atom is 0.335 e. The van der Waals surface area contributed by atoms with E-state index in [2.05, 4.69) is 0 Å². The van der Waals surface area contributed by atoms with Gasteiger partial charge in [0.15, 0.2) is 0 Å². The molecule has 8 nitrogen and oxygen atoms in total. The lowest BCUT2D eigenvalue weighted by Crippen LogP contribution is -2.52. The van der Waals surface area contributed by atoms with Crippen molar-refractivity contribution in [1.82, 2.24) is 19.6 Å². The minimum absolute atomic E-state index is 0.00260. The van der Waals surface area contributed by atoms with E-state index in [1.807, 2.05) is 34.5 Å². The van der Waals surface area contributed by atoms with Gasteiger partial charge in [-0.2, -0.15) is 0 Å². The van der Waals surface area contributed by atoms with Gasteiger partial charge in [-0.15, -0.1) is 11.3 Å². The number of nitrogens with zero attached hydrogens (tertiary/aromatic N) is 4. The van der Waals surface area contributed by atoms with Gasteiger partial charge in [-0.3, -0.25) is 24.2 Å². The number of carbonyl (C=O) groups excluding carboxylic acids is 4. The number of imide groups is 2. The van der Waals surface area contributed by atoms with Gasteiger partial charge in [0.1, 0.15) is 0 Å². The van der Waals surface area contributed by atoms with Gasteiger partial charge in [0.05, 0.1) is 18.1 Å². The number of hydrogen-bond acceptors (Lipinski definition) is 6. The van der Waals surface area contributed by atoms with E-state index in [1.165, 1.54) is 11.3 Å². The van der Waals surface area contributed by atoms with Gasteiger partial charge < -0.3 is 4.90 Å². The summed E-state index contributed by atoms with van der Waals surface area (Å²) in [7, 11) is 0. The van der Waals surface area contributed by atoms with Gasteiger partial charge in [0.25, 0.3) is 5.91 Å². The Morgan fingerprint density at radius 3 is 2.21 bits per heavy atom. The highest BCUT2D eigenvalue weighted by Gasteiger charge is 2.45. The molecule has 0 radical (unpaired) electrons. The third-order valence-corrected chi connectivity index (χ3v) is 5.91.